The first-order valence-corrected chi connectivity index (χ1v) is 12.4. The van der Waals surface area contributed by atoms with Gasteiger partial charge in [-0.1, -0.05) is 73.7 Å². The fourth-order valence-corrected chi connectivity index (χ4v) is 3.80. The van der Waals surface area contributed by atoms with Gasteiger partial charge in [-0.2, -0.15) is 0 Å². The zero-order valence-electron chi connectivity index (χ0n) is 21.6. The van der Waals surface area contributed by atoms with Gasteiger partial charge in [-0.15, -0.1) is 0 Å². The number of benzene rings is 3. The maximum absolute atomic E-state index is 13.2. The summed E-state index contributed by atoms with van der Waals surface area (Å²) in [5, 5.41) is 1.24. The highest BCUT2D eigenvalue weighted by Gasteiger charge is 2.28. The van der Waals surface area contributed by atoms with Crippen LogP contribution >= 0.6 is 0 Å². The summed E-state index contributed by atoms with van der Waals surface area (Å²) in [5.41, 5.74) is 5.27. The number of hydrazine groups is 1. The molecule has 0 aliphatic heterocycles. The number of carbonyl (C=O) groups excluding carboxylic acids is 2. The Hall–Kier alpha value is -4.20. The van der Waals surface area contributed by atoms with E-state index in [0.717, 1.165) is 22.6 Å². The molecule has 0 aromatic heterocycles. The first-order chi connectivity index (χ1) is 18.0. The minimum Gasteiger partial charge on any atom is -0.497 e. The minimum atomic E-state index is -0.733. The number of nitrogens with one attached hydrogen (secondary N) is 1. The topological polar surface area (TPSA) is 80.3 Å². The van der Waals surface area contributed by atoms with E-state index in [1.807, 2.05) is 98.8 Å². The number of ether oxygens (including phenoxy) is 3. The highest BCUT2D eigenvalue weighted by atomic mass is 16.6. The molecule has 8 heteroatoms. The van der Waals surface area contributed by atoms with Crippen LogP contribution in [0.4, 0.5) is 15.3 Å². The zero-order valence-corrected chi connectivity index (χ0v) is 21.6. The Labute approximate surface area is 218 Å². The number of carbonyl (C=O) groups is 2. The van der Waals surface area contributed by atoms with Crippen LogP contribution in [0.5, 0.6) is 5.75 Å². The number of rotatable bonds is 11. The summed E-state index contributed by atoms with van der Waals surface area (Å²) in [5.74, 6) is 0.741. The van der Waals surface area contributed by atoms with Gasteiger partial charge in [0.2, 0.25) is 0 Å². The van der Waals surface area contributed by atoms with E-state index in [0.29, 0.717) is 19.5 Å². The van der Waals surface area contributed by atoms with Gasteiger partial charge >= 0.3 is 12.2 Å². The van der Waals surface area contributed by atoms with Gasteiger partial charge in [-0.25, -0.2) is 20.0 Å². The third kappa shape index (κ3) is 8.45. The van der Waals surface area contributed by atoms with E-state index < -0.39 is 18.2 Å². The number of anilines is 1. The van der Waals surface area contributed by atoms with Crippen molar-refractivity contribution >= 4 is 17.9 Å². The van der Waals surface area contributed by atoms with Crippen molar-refractivity contribution in [2.75, 3.05) is 25.1 Å². The molecule has 1 atom stereocenters. The molecule has 0 saturated heterocycles. The lowest BCUT2D eigenvalue weighted by Gasteiger charge is -2.34. The quantitative estimate of drug-likeness (QED) is 0.333. The molecule has 0 radical (unpaired) electrons. The van der Waals surface area contributed by atoms with E-state index in [1.165, 1.54) is 5.01 Å². The van der Waals surface area contributed by atoms with Crippen LogP contribution in [0.15, 0.2) is 84.9 Å². The van der Waals surface area contributed by atoms with Gasteiger partial charge in [-0.3, -0.25) is 0 Å². The van der Waals surface area contributed by atoms with Crippen LogP contribution in [0.2, 0.25) is 0 Å². The maximum Gasteiger partial charge on any atom is 0.429 e. The van der Waals surface area contributed by atoms with Crippen LogP contribution in [0, 0.1) is 0 Å². The average molecular weight is 506 g/mol. The van der Waals surface area contributed by atoms with Gasteiger partial charge in [0.15, 0.2) is 0 Å². The molecular formula is C29H35N3O5. The monoisotopic (exact) mass is 505 g/mol. The van der Waals surface area contributed by atoms with E-state index in [4.69, 9.17) is 14.2 Å². The van der Waals surface area contributed by atoms with Crippen molar-refractivity contribution < 1.29 is 23.8 Å². The summed E-state index contributed by atoms with van der Waals surface area (Å²) in [4.78, 5) is 28.1. The molecule has 0 aliphatic rings. The molecule has 0 heterocycles. The molecule has 0 saturated carbocycles. The second-order valence-electron chi connectivity index (χ2n) is 8.39. The molecular weight excluding hydrogens is 470 g/mol. The van der Waals surface area contributed by atoms with Crippen LogP contribution in [0.3, 0.4) is 0 Å². The highest BCUT2D eigenvalue weighted by Crippen LogP contribution is 2.22. The lowest BCUT2D eigenvalue weighted by molar-refractivity contribution is 0.0466. The summed E-state index contributed by atoms with van der Waals surface area (Å²) in [6.07, 6.45) is -0.822. The molecule has 3 aromatic carbocycles. The van der Waals surface area contributed by atoms with Crippen LogP contribution in [-0.2, 0) is 22.7 Å². The van der Waals surface area contributed by atoms with Crippen LogP contribution in [-0.4, -0.2) is 43.4 Å². The predicted octanol–water partition coefficient (Wildman–Crippen LogP) is 5.78. The van der Waals surface area contributed by atoms with Crippen molar-refractivity contribution in [3.8, 4) is 5.75 Å². The lowest BCUT2D eigenvalue weighted by atomic mass is 10.1. The second-order valence-corrected chi connectivity index (χ2v) is 8.39. The Balaban J connectivity index is 1.75. The summed E-state index contributed by atoms with van der Waals surface area (Å²) in [7, 11) is 1.62. The van der Waals surface area contributed by atoms with Crippen LogP contribution in [0.1, 0.15) is 31.4 Å². The summed E-state index contributed by atoms with van der Waals surface area (Å²) >= 11 is 0. The number of hydrogen-bond donors (Lipinski definition) is 1. The summed E-state index contributed by atoms with van der Waals surface area (Å²) in [6.45, 7) is 5.31. The zero-order chi connectivity index (χ0) is 26.5. The molecule has 196 valence electrons. The standard InChI is InChI=1S/C29H35N3O5/c1-4-25(20-31(5-2)26-17-12-18-27(19-26)35-3)32(29(34)37-22-24-15-10-7-11-16-24)30-28(33)36-21-23-13-8-6-9-14-23/h6-19,25H,4-5,20-22H2,1-3H3,(H,30,33). The molecule has 0 bridgehead atoms. The van der Waals surface area contributed by atoms with Crippen molar-refractivity contribution in [2.45, 2.75) is 39.5 Å². The Kier molecular flexibility index (Phi) is 10.6. The average Bonchev–Trinajstić information content (AvgIpc) is 2.95. The molecule has 3 aromatic rings. The van der Waals surface area contributed by atoms with Gasteiger partial charge in [-0.05, 0) is 36.6 Å². The van der Waals surface area contributed by atoms with Crippen LogP contribution < -0.4 is 15.1 Å². The molecule has 3 rings (SSSR count). The molecule has 37 heavy (non-hydrogen) atoms. The van der Waals surface area contributed by atoms with Crippen LogP contribution in [0.25, 0.3) is 0 Å². The summed E-state index contributed by atoms with van der Waals surface area (Å²) < 4.78 is 16.3. The van der Waals surface area contributed by atoms with Crippen molar-refractivity contribution in [2.24, 2.45) is 0 Å². The normalized spacial score (nSPS) is 11.2. The van der Waals surface area contributed by atoms with E-state index in [1.54, 1.807) is 7.11 Å². The third-order valence-electron chi connectivity index (χ3n) is 5.89. The van der Waals surface area contributed by atoms with Gasteiger partial charge in [0.05, 0.1) is 13.2 Å². The number of hydrogen-bond acceptors (Lipinski definition) is 6. The van der Waals surface area contributed by atoms with Gasteiger partial charge in [0.1, 0.15) is 19.0 Å². The minimum absolute atomic E-state index is 0.0841. The van der Waals surface area contributed by atoms with Crippen molar-refractivity contribution in [3.05, 3.63) is 96.1 Å². The Morgan fingerprint density at radius 2 is 1.46 bits per heavy atom. The van der Waals surface area contributed by atoms with Crippen molar-refractivity contribution in [1.82, 2.24) is 10.4 Å². The fraction of sp³-hybridized carbons (Fsp3) is 0.310. The molecule has 0 fully saturated rings. The van der Waals surface area contributed by atoms with Gasteiger partial charge < -0.3 is 19.1 Å². The van der Waals surface area contributed by atoms with E-state index in [9.17, 15) is 9.59 Å². The number of nitrogens with zero attached hydrogens (tertiary/aromatic N) is 2. The smallest absolute Gasteiger partial charge is 0.429 e. The van der Waals surface area contributed by atoms with Gasteiger partial charge in [0.25, 0.3) is 0 Å². The molecule has 8 nitrogen and oxygen atoms in total. The number of methoxy groups -OCH3 is 1. The fourth-order valence-electron chi connectivity index (χ4n) is 3.80. The largest absolute Gasteiger partial charge is 0.497 e. The van der Waals surface area contributed by atoms with E-state index >= 15 is 0 Å². The molecule has 0 aliphatic carbocycles. The first-order valence-electron chi connectivity index (χ1n) is 12.4. The van der Waals surface area contributed by atoms with E-state index in [-0.39, 0.29) is 13.2 Å². The summed E-state index contributed by atoms with van der Waals surface area (Å²) in [6, 6.07) is 26.1. The van der Waals surface area contributed by atoms with E-state index in [2.05, 4.69) is 10.3 Å². The first kappa shape index (κ1) is 27.4. The highest BCUT2D eigenvalue weighted by molar-refractivity contribution is 5.74. The van der Waals surface area contributed by atoms with Crippen molar-refractivity contribution in [1.29, 1.82) is 0 Å². The third-order valence-corrected chi connectivity index (χ3v) is 5.89. The Bertz CT molecular complexity index is 1110. The Morgan fingerprint density at radius 1 is 0.838 bits per heavy atom. The molecule has 1 unspecified atom stereocenters. The predicted molar refractivity (Wildman–Crippen MR) is 143 cm³/mol. The Morgan fingerprint density at radius 3 is 2.03 bits per heavy atom. The van der Waals surface area contributed by atoms with Crippen molar-refractivity contribution in [3.63, 3.8) is 0 Å². The molecule has 0 spiro atoms. The number of likely N-dealkylation sites (N-methyl/N-ethyl adjacent to an activating group) is 1. The molecule has 1 N–H and O–H groups in total. The SMILES string of the molecule is CCC(CN(CC)c1cccc(OC)c1)N(NC(=O)OCc1ccccc1)C(=O)OCc1ccccc1. The maximum atomic E-state index is 13.2. The molecule has 2 amide bonds. The second kappa shape index (κ2) is 14.4. The lowest BCUT2D eigenvalue weighted by Crippen LogP contribution is -2.55. The van der Waals surface area contributed by atoms with Gasteiger partial charge in [0, 0.05) is 24.8 Å². The number of amides is 2.